The molecule has 2 aromatic carbocycles. The molecule has 0 aliphatic carbocycles. The van der Waals surface area contributed by atoms with Crippen LogP contribution >= 0.6 is 0 Å². The zero-order valence-electron chi connectivity index (χ0n) is 25.7. The van der Waals surface area contributed by atoms with Crippen LogP contribution in [0.2, 0.25) is 0 Å². The molecule has 1 aromatic heterocycles. The number of likely N-dealkylation sites (tertiary alicyclic amines) is 1. The van der Waals surface area contributed by atoms with Crippen LogP contribution in [0.4, 0.5) is 22.4 Å². The predicted octanol–water partition coefficient (Wildman–Crippen LogP) is 7.25. The average Bonchev–Trinajstić information content (AvgIpc) is 3.52. The van der Waals surface area contributed by atoms with Crippen molar-refractivity contribution in [3.63, 3.8) is 0 Å². The van der Waals surface area contributed by atoms with Gasteiger partial charge in [0.05, 0.1) is 25.3 Å². The molecule has 2 aliphatic rings. The van der Waals surface area contributed by atoms with Crippen LogP contribution in [0.5, 0.6) is 0 Å². The Hall–Kier alpha value is -3.86. The molecule has 1 saturated heterocycles. The normalized spacial score (nSPS) is 20.3. The zero-order valence-corrected chi connectivity index (χ0v) is 25.7. The summed E-state index contributed by atoms with van der Waals surface area (Å²) >= 11 is 0. The summed E-state index contributed by atoms with van der Waals surface area (Å²) in [5, 5.41) is 0.741. The summed E-state index contributed by atoms with van der Waals surface area (Å²) in [4.78, 5) is 30.7. The van der Waals surface area contributed by atoms with Crippen molar-refractivity contribution in [3.05, 3.63) is 75.5 Å². The summed E-state index contributed by atoms with van der Waals surface area (Å²) in [5.74, 6) is -5.42. The maximum Gasteiger partial charge on any atom is 0.410 e. The second-order valence-corrected chi connectivity index (χ2v) is 12.8. The third-order valence-corrected chi connectivity index (χ3v) is 7.99. The second-order valence-electron chi connectivity index (χ2n) is 12.8. The van der Waals surface area contributed by atoms with Crippen LogP contribution in [0, 0.1) is 11.6 Å². The molecule has 44 heavy (non-hydrogen) atoms. The number of methoxy groups -OCH3 is 1. The summed E-state index contributed by atoms with van der Waals surface area (Å²) in [7, 11) is 1.27. The van der Waals surface area contributed by atoms with Crippen LogP contribution in [-0.4, -0.2) is 71.2 Å². The van der Waals surface area contributed by atoms with Gasteiger partial charge in [-0.05, 0) is 81.5 Å². The summed E-state index contributed by atoms with van der Waals surface area (Å²) in [6.45, 7) is 7.85. The lowest BCUT2D eigenvalue weighted by Gasteiger charge is -2.42. The number of hydrogen-bond donors (Lipinski definition) is 1. The van der Waals surface area contributed by atoms with Crippen molar-refractivity contribution in [3.8, 4) is 0 Å². The monoisotopic (exact) mass is 615 g/mol. The van der Waals surface area contributed by atoms with Gasteiger partial charge >= 0.3 is 12.1 Å². The van der Waals surface area contributed by atoms with Crippen molar-refractivity contribution in [2.75, 3.05) is 26.7 Å². The Bertz CT molecular complexity index is 1610. The van der Waals surface area contributed by atoms with Crippen LogP contribution in [0.15, 0.2) is 35.9 Å². The minimum absolute atomic E-state index is 0.264. The van der Waals surface area contributed by atoms with E-state index in [1.807, 2.05) is 0 Å². The van der Waals surface area contributed by atoms with Crippen molar-refractivity contribution in [2.45, 2.75) is 71.1 Å². The number of nitrogens with one attached hydrogen (secondary N) is 1. The first kappa shape index (κ1) is 31.6. The predicted molar refractivity (Wildman–Crippen MR) is 159 cm³/mol. The molecule has 236 valence electrons. The highest BCUT2D eigenvalue weighted by Gasteiger charge is 2.42. The molecule has 7 nitrogen and oxygen atoms in total. The molecule has 0 spiro atoms. The van der Waals surface area contributed by atoms with Crippen molar-refractivity contribution in [2.24, 2.45) is 0 Å². The van der Waals surface area contributed by atoms with Crippen LogP contribution in [-0.2, 0) is 15.9 Å². The van der Waals surface area contributed by atoms with E-state index in [0.717, 1.165) is 23.4 Å². The summed E-state index contributed by atoms with van der Waals surface area (Å²) in [5.41, 5.74) is 2.06. The topological polar surface area (TPSA) is 74.9 Å². The van der Waals surface area contributed by atoms with Gasteiger partial charge < -0.3 is 19.4 Å². The Kier molecular flexibility index (Phi) is 8.30. The number of esters is 1. The van der Waals surface area contributed by atoms with Gasteiger partial charge in [0.15, 0.2) is 0 Å². The van der Waals surface area contributed by atoms with E-state index >= 15 is 8.78 Å². The molecule has 11 heteroatoms. The Labute approximate surface area is 253 Å². The number of carbonyl (C=O) groups is 2. The number of aromatic nitrogens is 1. The smallest absolute Gasteiger partial charge is 0.410 e. The van der Waals surface area contributed by atoms with Gasteiger partial charge in [-0.2, -0.15) is 0 Å². The van der Waals surface area contributed by atoms with Crippen molar-refractivity contribution >= 4 is 29.0 Å². The highest BCUT2D eigenvalue weighted by molar-refractivity contribution is 5.96. The summed E-state index contributed by atoms with van der Waals surface area (Å²) in [6, 6.07) is 5.66. The SMILES string of the molecule is COC(=O)c1ccc2c3c([nH]c2c1)[C@@H](c1c(F)cc(/C=C2/CCN(C(=O)OC(C)(C)C)C2)cc1F)N(CC(C)(F)F)[C@H](C)C3. The highest BCUT2D eigenvalue weighted by atomic mass is 19.3. The van der Waals surface area contributed by atoms with E-state index < -0.39 is 53.8 Å². The number of H-pyrrole nitrogens is 1. The first-order chi connectivity index (χ1) is 20.5. The maximum atomic E-state index is 16.0. The molecule has 1 fully saturated rings. The van der Waals surface area contributed by atoms with Gasteiger partial charge in [0, 0.05) is 48.2 Å². The van der Waals surface area contributed by atoms with Gasteiger partial charge in [-0.25, -0.2) is 27.2 Å². The largest absolute Gasteiger partial charge is 0.465 e. The van der Waals surface area contributed by atoms with E-state index in [9.17, 15) is 18.4 Å². The molecular formula is C33H37F4N3O4. The van der Waals surface area contributed by atoms with Crippen LogP contribution in [0.25, 0.3) is 17.0 Å². The molecule has 0 saturated carbocycles. The Morgan fingerprint density at radius 3 is 2.39 bits per heavy atom. The van der Waals surface area contributed by atoms with Crippen molar-refractivity contribution < 1.29 is 36.6 Å². The van der Waals surface area contributed by atoms with Crippen LogP contribution in [0.3, 0.4) is 0 Å². The molecule has 2 atom stereocenters. The van der Waals surface area contributed by atoms with Gasteiger partial charge in [-0.15, -0.1) is 0 Å². The summed E-state index contributed by atoms with van der Waals surface area (Å²) in [6.07, 6.45) is 2.07. The van der Waals surface area contributed by atoms with Gasteiger partial charge in [0.25, 0.3) is 5.92 Å². The molecular weight excluding hydrogens is 578 g/mol. The molecule has 2 aliphatic heterocycles. The number of rotatable bonds is 5. The fraction of sp³-hybridized carbons (Fsp3) is 0.455. The minimum Gasteiger partial charge on any atom is -0.465 e. The number of nitrogens with zero attached hydrogens (tertiary/aromatic N) is 2. The number of aromatic amines is 1. The van der Waals surface area contributed by atoms with Gasteiger partial charge in [-0.3, -0.25) is 4.90 Å². The number of amides is 1. The second kappa shape index (κ2) is 11.6. The number of benzene rings is 2. The Morgan fingerprint density at radius 2 is 1.77 bits per heavy atom. The molecule has 5 rings (SSSR count). The van der Waals surface area contributed by atoms with Crippen molar-refractivity contribution in [1.82, 2.24) is 14.8 Å². The molecule has 0 bridgehead atoms. The molecule has 0 unspecified atom stereocenters. The lowest BCUT2D eigenvalue weighted by Crippen LogP contribution is -2.47. The quantitative estimate of drug-likeness (QED) is 0.242. The number of ether oxygens (including phenoxy) is 2. The number of alkyl halides is 2. The molecule has 1 amide bonds. The lowest BCUT2D eigenvalue weighted by molar-refractivity contribution is -0.0374. The number of hydrogen-bond acceptors (Lipinski definition) is 5. The third kappa shape index (κ3) is 6.47. The average molecular weight is 616 g/mol. The summed E-state index contributed by atoms with van der Waals surface area (Å²) < 4.78 is 71.2. The van der Waals surface area contributed by atoms with Crippen LogP contribution in [0.1, 0.15) is 79.8 Å². The Morgan fingerprint density at radius 1 is 1.09 bits per heavy atom. The van der Waals surface area contributed by atoms with Gasteiger partial charge in [-0.1, -0.05) is 12.1 Å². The van der Waals surface area contributed by atoms with Gasteiger partial charge in [0.2, 0.25) is 0 Å². The first-order valence-electron chi connectivity index (χ1n) is 14.6. The number of fused-ring (bicyclic) bond motifs is 3. The molecule has 1 N–H and O–H groups in total. The Balaban J connectivity index is 1.54. The number of carbonyl (C=O) groups excluding carboxylic acids is 2. The van der Waals surface area contributed by atoms with Crippen molar-refractivity contribution in [1.29, 1.82) is 0 Å². The maximum absolute atomic E-state index is 16.0. The van der Waals surface area contributed by atoms with Gasteiger partial charge in [0.1, 0.15) is 17.2 Å². The fourth-order valence-corrected chi connectivity index (χ4v) is 6.15. The van der Waals surface area contributed by atoms with E-state index in [0.29, 0.717) is 30.6 Å². The van der Waals surface area contributed by atoms with E-state index in [-0.39, 0.29) is 23.2 Å². The minimum atomic E-state index is -3.13. The molecule has 3 heterocycles. The van der Waals surface area contributed by atoms with E-state index in [2.05, 4.69) is 4.98 Å². The molecule has 0 radical (unpaired) electrons. The first-order valence-corrected chi connectivity index (χ1v) is 14.6. The lowest BCUT2D eigenvalue weighted by atomic mass is 9.87. The van der Waals surface area contributed by atoms with E-state index in [1.54, 1.807) is 52.0 Å². The van der Waals surface area contributed by atoms with E-state index in [1.165, 1.54) is 29.0 Å². The number of halogens is 4. The fourth-order valence-electron chi connectivity index (χ4n) is 6.15. The van der Waals surface area contributed by atoms with Crippen LogP contribution < -0.4 is 0 Å². The molecule has 3 aromatic rings. The zero-order chi connectivity index (χ0) is 32.1. The third-order valence-electron chi connectivity index (χ3n) is 7.99. The highest BCUT2D eigenvalue weighted by Crippen LogP contribution is 2.44. The standard InChI is InChI=1S/C33H37F4N3O4/c1-18-11-23-22-8-7-21(30(41)43-6)15-26(22)38-28(23)29(40(18)17-33(5,36)37)27-24(34)13-20(14-25(27)35)12-19-9-10-39(16-19)31(42)44-32(2,3)4/h7-8,12-15,18,29,38H,9-11,16-17H2,1-6H3/b19-12-/t18-,29-/m1/s1. The van der Waals surface area contributed by atoms with E-state index in [4.69, 9.17) is 9.47 Å².